The van der Waals surface area contributed by atoms with Gasteiger partial charge in [0.1, 0.15) is 5.75 Å². The second-order valence-electron chi connectivity index (χ2n) is 3.77. The van der Waals surface area contributed by atoms with Crippen molar-refractivity contribution in [3.05, 3.63) is 65.7 Å². The lowest BCUT2D eigenvalue weighted by molar-refractivity contribution is -0.128. The topological polar surface area (TPSA) is 26.3 Å². The first-order valence-corrected chi connectivity index (χ1v) is 5.60. The van der Waals surface area contributed by atoms with E-state index < -0.39 is 5.97 Å². The summed E-state index contributed by atoms with van der Waals surface area (Å²) in [6, 6.07) is 16.7. The van der Waals surface area contributed by atoms with Gasteiger partial charge < -0.3 is 4.74 Å². The van der Waals surface area contributed by atoms with Crippen LogP contribution in [0.25, 0.3) is 0 Å². The van der Waals surface area contributed by atoms with Crippen LogP contribution in [-0.4, -0.2) is 5.97 Å². The molecule has 0 fully saturated rings. The molecule has 0 saturated carbocycles. The number of carbonyl (C=O) groups is 1. The van der Waals surface area contributed by atoms with Gasteiger partial charge in [-0.2, -0.15) is 0 Å². The molecule has 88 valence electrons. The maximum Gasteiger partial charge on any atom is 0.390 e. The predicted octanol–water partition coefficient (Wildman–Crippen LogP) is 2.95. The molecule has 0 saturated heterocycles. The SMILES string of the molecule is Cc1ccccc1OC(=O)C#Cc1ccccc1. The Hall–Kier alpha value is -2.53. The molecule has 0 amide bonds. The van der Waals surface area contributed by atoms with Gasteiger partial charge in [0.05, 0.1) is 0 Å². The van der Waals surface area contributed by atoms with Crippen molar-refractivity contribution in [1.82, 2.24) is 0 Å². The molecule has 0 radical (unpaired) electrons. The molecule has 0 atom stereocenters. The molecule has 2 heteroatoms. The molecule has 0 aromatic heterocycles. The van der Waals surface area contributed by atoms with Crippen LogP contribution in [0.5, 0.6) is 5.75 Å². The summed E-state index contributed by atoms with van der Waals surface area (Å²) in [7, 11) is 0. The predicted molar refractivity (Wildman–Crippen MR) is 70.1 cm³/mol. The second-order valence-corrected chi connectivity index (χ2v) is 3.77. The fourth-order valence-electron chi connectivity index (χ4n) is 1.44. The monoisotopic (exact) mass is 236 g/mol. The highest BCUT2D eigenvalue weighted by molar-refractivity contribution is 5.91. The molecule has 18 heavy (non-hydrogen) atoms. The Balaban J connectivity index is 2.07. The van der Waals surface area contributed by atoms with Crippen LogP contribution in [-0.2, 0) is 4.79 Å². The minimum absolute atomic E-state index is 0.546. The average Bonchev–Trinajstić information content (AvgIpc) is 2.40. The molecule has 0 heterocycles. The molecule has 0 aliphatic heterocycles. The van der Waals surface area contributed by atoms with Crippen molar-refractivity contribution in [2.45, 2.75) is 6.92 Å². The minimum atomic E-state index is -0.548. The summed E-state index contributed by atoms with van der Waals surface area (Å²) in [5, 5.41) is 0. The van der Waals surface area contributed by atoms with E-state index in [1.54, 1.807) is 6.07 Å². The zero-order valence-electron chi connectivity index (χ0n) is 10.0. The van der Waals surface area contributed by atoms with Gasteiger partial charge in [-0.1, -0.05) is 42.3 Å². The van der Waals surface area contributed by atoms with Crippen molar-refractivity contribution in [1.29, 1.82) is 0 Å². The number of benzene rings is 2. The van der Waals surface area contributed by atoms with E-state index in [2.05, 4.69) is 11.8 Å². The van der Waals surface area contributed by atoms with E-state index >= 15 is 0 Å². The molecule has 0 spiro atoms. The van der Waals surface area contributed by atoms with Crippen molar-refractivity contribution in [2.24, 2.45) is 0 Å². The van der Waals surface area contributed by atoms with Gasteiger partial charge in [-0.05, 0) is 30.7 Å². The third-order valence-corrected chi connectivity index (χ3v) is 2.38. The number of hydrogen-bond acceptors (Lipinski definition) is 2. The van der Waals surface area contributed by atoms with Crippen LogP contribution in [0.4, 0.5) is 0 Å². The lowest BCUT2D eigenvalue weighted by Crippen LogP contribution is -2.05. The maximum absolute atomic E-state index is 11.5. The lowest BCUT2D eigenvalue weighted by Gasteiger charge is -2.02. The Bertz CT molecular complexity index is 604. The van der Waals surface area contributed by atoms with E-state index in [1.165, 1.54) is 0 Å². The number of esters is 1. The highest BCUT2D eigenvalue weighted by Crippen LogP contribution is 2.15. The maximum atomic E-state index is 11.5. The number of carbonyl (C=O) groups excluding carboxylic acids is 1. The van der Waals surface area contributed by atoms with E-state index in [0.717, 1.165) is 11.1 Å². The summed E-state index contributed by atoms with van der Waals surface area (Å²) in [5.41, 5.74) is 1.70. The number of para-hydroxylation sites is 1. The Labute approximate surface area is 106 Å². The second kappa shape index (κ2) is 5.70. The van der Waals surface area contributed by atoms with Crippen molar-refractivity contribution in [3.63, 3.8) is 0 Å². The Morgan fingerprint density at radius 1 is 1.00 bits per heavy atom. The highest BCUT2D eigenvalue weighted by Gasteiger charge is 2.02. The zero-order chi connectivity index (χ0) is 12.8. The van der Waals surface area contributed by atoms with Crippen LogP contribution >= 0.6 is 0 Å². The van der Waals surface area contributed by atoms with E-state index in [4.69, 9.17) is 4.74 Å². The molecule has 0 aliphatic carbocycles. The van der Waals surface area contributed by atoms with Crippen molar-refractivity contribution >= 4 is 5.97 Å². The van der Waals surface area contributed by atoms with Crippen LogP contribution in [0.2, 0.25) is 0 Å². The van der Waals surface area contributed by atoms with E-state index in [0.29, 0.717) is 5.75 Å². The summed E-state index contributed by atoms with van der Waals surface area (Å²) in [5.74, 6) is 5.22. The summed E-state index contributed by atoms with van der Waals surface area (Å²) in [6.45, 7) is 1.88. The smallest absolute Gasteiger partial charge is 0.390 e. The first-order valence-electron chi connectivity index (χ1n) is 5.60. The lowest BCUT2D eigenvalue weighted by atomic mass is 10.2. The molecule has 0 N–H and O–H groups in total. The van der Waals surface area contributed by atoms with Gasteiger partial charge in [-0.25, -0.2) is 4.79 Å². The van der Waals surface area contributed by atoms with Gasteiger partial charge in [0.15, 0.2) is 0 Å². The molecule has 0 unspecified atom stereocenters. The van der Waals surface area contributed by atoms with Gasteiger partial charge in [0.2, 0.25) is 0 Å². The van der Waals surface area contributed by atoms with Crippen molar-refractivity contribution in [2.75, 3.05) is 0 Å². The van der Waals surface area contributed by atoms with Crippen LogP contribution in [0.15, 0.2) is 54.6 Å². The Morgan fingerprint density at radius 2 is 1.67 bits per heavy atom. The van der Waals surface area contributed by atoms with Gasteiger partial charge in [-0.3, -0.25) is 0 Å². The zero-order valence-corrected chi connectivity index (χ0v) is 10.0. The van der Waals surface area contributed by atoms with Gasteiger partial charge in [0, 0.05) is 11.5 Å². The van der Waals surface area contributed by atoms with Gasteiger partial charge >= 0.3 is 5.97 Å². The van der Waals surface area contributed by atoms with Gasteiger partial charge in [-0.15, -0.1) is 0 Å². The highest BCUT2D eigenvalue weighted by atomic mass is 16.5. The Kier molecular flexibility index (Phi) is 3.78. The van der Waals surface area contributed by atoms with E-state index in [9.17, 15) is 4.79 Å². The fourth-order valence-corrected chi connectivity index (χ4v) is 1.44. The van der Waals surface area contributed by atoms with Crippen LogP contribution in [0.1, 0.15) is 11.1 Å². The molecule has 2 aromatic rings. The molecular formula is C16H12O2. The molecule has 0 aliphatic rings. The number of rotatable bonds is 1. The van der Waals surface area contributed by atoms with E-state index in [-0.39, 0.29) is 0 Å². The van der Waals surface area contributed by atoms with Crippen LogP contribution in [0, 0.1) is 18.8 Å². The number of ether oxygens (including phenoxy) is 1. The van der Waals surface area contributed by atoms with Crippen LogP contribution < -0.4 is 4.74 Å². The largest absolute Gasteiger partial charge is 0.417 e. The standard InChI is InChI=1S/C16H12O2/c1-13-7-5-6-10-15(13)18-16(17)12-11-14-8-3-2-4-9-14/h2-10H,1H3. The summed E-state index contributed by atoms with van der Waals surface area (Å²) in [6.07, 6.45) is 0. The third-order valence-electron chi connectivity index (χ3n) is 2.38. The summed E-state index contributed by atoms with van der Waals surface area (Å²) < 4.78 is 5.15. The van der Waals surface area contributed by atoms with Crippen LogP contribution in [0.3, 0.4) is 0 Å². The average molecular weight is 236 g/mol. The molecule has 2 rings (SSSR count). The fraction of sp³-hybridized carbons (Fsp3) is 0.0625. The third kappa shape index (κ3) is 3.23. The molecule has 0 bridgehead atoms. The summed E-state index contributed by atoms with van der Waals surface area (Å²) >= 11 is 0. The summed E-state index contributed by atoms with van der Waals surface area (Å²) in [4.78, 5) is 11.5. The van der Waals surface area contributed by atoms with E-state index in [1.807, 2.05) is 55.5 Å². The first kappa shape index (κ1) is 11.9. The molecule has 2 aromatic carbocycles. The number of hydrogen-bond donors (Lipinski definition) is 0. The first-order chi connectivity index (χ1) is 8.75. The quantitative estimate of drug-likeness (QED) is 0.432. The van der Waals surface area contributed by atoms with Crippen molar-refractivity contribution in [3.8, 4) is 17.6 Å². The molecular weight excluding hydrogens is 224 g/mol. The van der Waals surface area contributed by atoms with Gasteiger partial charge in [0.25, 0.3) is 0 Å². The number of aryl methyl sites for hydroxylation is 1. The minimum Gasteiger partial charge on any atom is -0.417 e. The Morgan fingerprint density at radius 3 is 2.39 bits per heavy atom. The van der Waals surface area contributed by atoms with Crippen molar-refractivity contribution < 1.29 is 9.53 Å². The molecule has 2 nitrogen and oxygen atoms in total. The normalized spacial score (nSPS) is 9.17.